The molecule has 162 valence electrons. The Bertz CT molecular complexity index is 821. The molecule has 1 aromatic carbocycles. The first-order valence-corrected chi connectivity index (χ1v) is 11.6. The van der Waals surface area contributed by atoms with Crippen LogP contribution < -0.4 is 10.6 Å². The summed E-state index contributed by atoms with van der Waals surface area (Å²) in [6.45, 7) is 1.71. The zero-order valence-electron chi connectivity index (χ0n) is 15.8. The fourth-order valence-corrected chi connectivity index (χ4v) is 2.85. The van der Waals surface area contributed by atoms with Crippen LogP contribution in [-0.2, 0) is 33.3 Å². The summed E-state index contributed by atoms with van der Waals surface area (Å²) in [6.07, 6.45) is 1.85. The Balaban J connectivity index is 0.00000729. The summed E-state index contributed by atoms with van der Waals surface area (Å²) >= 11 is 0. The lowest BCUT2D eigenvalue weighted by atomic mass is 10.1. The van der Waals surface area contributed by atoms with Gasteiger partial charge >= 0.3 is 5.97 Å². The summed E-state index contributed by atoms with van der Waals surface area (Å²) < 4.78 is 58.9. The topological polar surface area (TPSA) is 142 Å². The minimum absolute atomic E-state index is 0. The predicted molar refractivity (Wildman–Crippen MR) is 108 cm³/mol. The van der Waals surface area contributed by atoms with Gasteiger partial charge in [-0.3, -0.25) is 8.37 Å². The summed E-state index contributed by atoms with van der Waals surface area (Å²) in [6, 6.07) is 4.59. The third-order valence-electron chi connectivity index (χ3n) is 3.21. The molecule has 0 amide bonds. The van der Waals surface area contributed by atoms with Crippen LogP contribution in [0.4, 0.5) is 11.4 Å². The number of carbonyl (C=O) groups excluding carboxylic acids is 1. The Hall–Kier alpha value is -1.60. The number of esters is 1. The second-order valence-corrected chi connectivity index (χ2v) is 8.82. The maximum absolute atomic E-state index is 12.0. The van der Waals surface area contributed by atoms with Crippen LogP contribution in [0.3, 0.4) is 0 Å². The molecule has 28 heavy (non-hydrogen) atoms. The van der Waals surface area contributed by atoms with E-state index < -0.39 is 26.2 Å². The van der Waals surface area contributed by atoms with Crippen molar-refractivity contribution in [1.82, 2.24) is 0 Å². The maximum Gasteiger partial charge on any atom is 0.340 e. The van der Waals surface area contributed by atoms with Crippen molar-refractivity contribution in [3.05, 3.63) is 23.8 Å². The minimum atomic E-state index is -3.63. The van der Waals surface area contributed by atoms with Crippen molar-refractivity contribution in [3.63, 3.8) is 0 Å². The van der Waals surface area contributed by atoms with Crippen LogP contribution in [0.15, 0.2) is 18.2 Å². The van der Waals surface area contributed by atoms with E-state index in [1.54, 1.807) is 17.9 Å². The van der Waals surface area contributed by atoms with E-state index in [1.165, 1.54) is 12.1 Å². The predicted octanol–water partition coefficient (Wildman–Crippen LogP) is 0.626. The molecule has 1 aromatic rings. The standard InChI is InChI=1S/C15H24N2O8S2.ClH/c1-4-23-15(18)13-11-12(5-6-14(13)16)17(7-9-24-26(2,19)20)8-10-25-27(3,21)22;/h5-6,11H,4,7-10,16H2,1-3H3;1H. The minimum Gasteiger partial charge on any atom is -0.462 e. The molecule has 1 rings (SSSR count). The van der Waals surface area contributed by atoms with Crippen LogP contribution in [-0.4, -0.2) is 68.2 Å². The molecule has 0 aliphatic rings. The van der Waals surface area contributed by atoms with Crippen molar-refractivity contribution in [2.45, 2.75) is 6.92 Å². The van der Waals surface area contributed by atoms with Gasteiger partial charge in [0.25, 0.3) is 20.2 Å². The number of rotatable bonds is 11. The first-order chi connectivity index (χ1) is 12.4. The number of carbonyl (C=O) groups is 1. The number of hydrogen-bond donors (Lipinski definition) is 1. The molecule has 0 saturated heterocycles. The Morgan fingerprint density at radius 1 is 1.04 bits per heavy atom. The molecule has 0 unspecified atom stereocenters. The fourth-order valence-electron chi connectivity index (χ4n) is 2.09. The molecule has 0 saturated carbocycles. The number of ether oxygens (including phenoxy) is 1. The van der Waals surface area contributed by atoms with Crippen LogP contribution >= 0.6 is 12.4 Å². The quantitative estimate of drug-likeness (QED) is 0.283. The summed E-state index contributed by atoms with van der Waals surface area (Å²) in [5.41, 5.74) is 6.67. The zero-order chi connectivity index (χ0) is 20.7. The smallest absolute Gasteiger partial charge is 0.340 e. The molecule has 13 heteroatoms. The van der Waals surface area contributed by atoms with Crippen molar-refractivity contribution in [2.75, 3.05) is 56.1 Å². The number of nitrogens with two attached hydrogens (primary N) is 1. The summed E-state index contributed by atoms with van der Waals surface area (Å²) in [7, 11) is -7.26. The molecular weight excluding hydrogens is 436 g/mol. The van der Waals surface area contributed by atoms with Crippen molar-refractivity contribution in [1.29, 1.82) is 0 Å². The van der Waals surface area contributed by atoms with Gasteiger partial charge in [0, 0.05) is 24.5 Å². The Morgan fingerprint density at radius 2 is 1.54 bits per heavy atom. The van der Waals surface area contributed by atoms with Gasteiger partial charge in [-0.1, -0.05) is 0 Å². The van der Waals surface area contributed by atoms with E-state index in [1.807, 2.05) is 0 Å². The van der Waals surface area contributed by atoms with Crippen LogP contribution in [0.5, 0.6) is 0 Å². The van der Waals surface area contributed by atoms with Gasteiger partial charge in [0.05, 0.1) is 37.9 Å². The van der Waals surface area contributed by atoms with Gasteiger partial charge < -0.3 is 15.4 Å². The molecular formula is C15H25ClN2O8S2. The summed E-state index contributed by atoms with van der Waals surface area (Å²) in [5.74, 6) is -0.600. The highest BCUT2D eigenvalue weighted by Crippen LogP contribution is 2.22. The fraction of sp³-hybridized carbons (Fsp3) is 0.533. The van der Waals surface area contributed by atoms with E-state index in [0.29, 0.717) is 5.69 Å². The second kappa shape index (κ2) is 11.4. The van der Waals surface area contributed by atoms with Gasteiger partial charge in [-0.15, -0.1) is 12.4 Å². The van der Waals surface area contributed by atoms with E-state index in [-0.39, 0.29) is 56.6 Å². The lowest BCUT2D eigenvalue weighted by molar-refractivity contribution is 0.0527. The van der Waals surface area contributed by atoms with Gasteiger partial charge in [0.2, 0.25) is 0 Å². The molecule has 0 aliphatic carbocycles. The van der Waals surface area contributed by atoms with Crippen LogP contribution in [0.25, 0.3) is 0 Å². The number of hydrogen-bond acceptors (Lipinski definition) is 10. The number of halogens is 1. The van der Waals surface area contributed by atoms with Gasteiger partial charge in [-0.25, -0.2) is 4.79 Å². The van der Waals surface area contributed by atoms with Crippen LogP contribution in [0.2, 0.25) is 0 Å². The first kappa shape index (κ1) is 26.4. The first-order valence-electron chi connectivity index (χ1n) is 7.93. The number of nitrogens with zero attached hydrogens (tertiary/aromatic N) is 1. The highest BCUT2D eigenvalue weighted by atomic mass is 35.5. The van der Waals surface area contributed by atoms with Gasteiger partial charge in [-0.05, 0) is 25.1 Å². The van der Waals surface area contributed by atoms with E-state index in [9.17, 15) is 21.6 Å². The Kier molecular flexibility index (Phi) is 10.8. The number of anilines is 2. The Morgan fingerprint density at radius 3 is 1.96 bits per heavy atom. The molecule has 2 N–H and O–H groups in total. The van der Waals surface area contributed by atoms with Crippen molar-refractivity contribution < 1.29 is 34.7 Å². The van der Waals surface area contributed by atoms with Crippen LogP contribution in [0, 0.1) is 0 Å². The third-order valence-corrected chi connectivity index (χ3v) is 4.40. The molecule has 0 radical (unpaired) electrons. The number of benzene rings is 1. The molecule has 0 atom stereocenters. The lowest BCUT2D eigenvalue weighted by Crippen LogP contribution is -2.32. The molecule has 0 spiro atoms. The molecule has 0 heterocycles. The van der Waals surface area contributed by atoms with Gasteiger partial charge in [0.1, 0.15) is 0 Å². The van der Waals surface area contributed by atoms with Crippen LogP contribution in [0.1, 0.15) is 17.3 Å². The van der Waals surface area contributed by atoms with Gasteiger partial charge in [0.15, 0.2) is 0 Å². The highest BCUT2D eigenvalue weighted by molar-refractivity contribution is 7.86. The van der Waals surface area contributed by atoms with E-state index in [2.05, 4.69) is 0 Å². The highest BCUT2D eigenvalue weighted by Gasteiger charge is 2.16. The maximum atomic E-state index is 12.0. The lowest BCUT2D eigenvalue weighted by Gasteiger charge is -2.25. The SMILES string of the molecule is CCOC(=O)c1cc(N(CCOS(C)(=O)=O)CCOS(C)(=O)=O)ccc1N.Cl. The molecule has 0 bridgehead atoms. The van der Waals surface area contributed by atoms with Crippen molar-refractivity contribution in [3.8, 4) is 0 Å². The number of nitrogen functional groups attached to an aromatic ring is 1. The van der Waals surface area contributed by atoms with E-state index in [4.69, 9.17) is 18.8 Å². The second-order valence-electron chi connectivity index (χ2n) is 5.53. The molecule has 0 aliphatic heterocycles. The molecule has 0 fully saturated rings. The van der Waals surface area contributed by atoms with Gasteiger partial charge in [-0.2, -0.15) is 16.8 Å². The Labute approximate surface area is 171 Å². The third kappa shape index (κ3) is 10.1. The van der Waals surface area contributed by atoms with E-state index in [0.717, 1.165) is 12.5 Å². The largest absolute Gasteiger partial charge is 0.462 e. The average Bonchev–Trinajstić information content (AvgIpc) is 2.52. The summed E-state index contributed by atoms with van der Waals surface area (Å²) in [4.78, 5) is 13.6. The normalized spacial score (nSPS) is 11.5. The van der Waals surface area contributed by atoms with Crippen molar-refractivity contribution in [2.24, 2.45) is 0 Å². The molecule has 0 aromatic heterocycles. The monoisotopic (exact) mass is 460 g/mol. The molecule has 10 nitrogen and oxygen atoms in total. The zero-order valence-corrected chi connectivity index (χ0v) is 18.2. The van der Waals surface area contributed by atoms with Crippen molar-refractivity contribution >= 4 is 50.0 Å². The van der Waals surface area contributed by atoms with E-state index >= 15 is 0 Å². The summed E-state index contributed by atoms with van der Waals surface area (Å²) in [5, 5.41) is 0. The average molecular weight is 461 g/mol.